The van der Waals surface area contributed by atoms with Gasteiger partial charge in [0.15, 0.2) is 0 Å². The standard InChI is InChI=1S/C19H23BrN2O4/c1-12(13-5-6-18(26-4)17(20)7-13)21-11-19(23)22-14-8-15(24-2)10-16(9-14)25-3/h5-10,12,21H,11H2,1-4H3,(H,22,23). The number of hydrogen-bond donors (Lipinski definition) is 2. The van der Waals surface area contributed by atoms with Gasteiger partial charge in [0.05, 0.1) is 32.3 Å². The van der Waals surface area contributed by atoms with Gasteiger partial charge in [-0.3, -0.25) is 4.79 Å². The Balaban J connectivity index is 1.95. The third-order valence-electron chi connectivity index (χ3n) is 3.88. The number of hydrogen-bond acceptors (Lipinski definition) is 5. The van der Waals surface area contributed by atoms with Gasteiger partial charge >= 0.3 is 0 Å². The minimum absolute atomic E-state index is 0.00259. The van der Waals surface area contributed by atoms with Crippen LogP contribution in [-0.2, 0) is 4.79 Å². The topological polar surface area (TPSA) is 68.8 Å². The number of ether oxygens (including phenoxy) is 3. The van der Waals surface area contributed by atoms with Crippen LogP contribution in [0.5, 0.6) is 17.2 Å². The van der Waals surface area contributed by atoms with Crippen LogP contribution in [0.1, 0.15) is 18.5 Å². The van der Waals surface area contributed by atoms with Gasteiger partial charge in [0, 0.05) is 29.9 Å². The zero-order valence-corrected chi connectivity index (χ0v) is 16.8. The van der Waals surface area contributed by atoms with Crippen LogP contribution >= 0.6 is 15.9 Å². The molecule has 140 valence electrons. The van der Waals surface area contributed by atoms with Crippen LogP contribution in [0.3, 0.4) is 0 Å². The van der Waals surface area contributed by atoms with Gasteiger partial charge in [0.25, 0.3) is 0 Å². The van der Waals surface area contributed by atoms with Crippen LogP contribution in [0, 0.1) is 0 Å². The lowest BCUT2D eigenvalue weighted by molar-refractivity contribution is -0.115. The first-order valence-electron chi connectivity index (χ1n) is 8.06. The Bertz CT molecular complexity index is 745. The third-order valence-corrected chi connectivity index (χ3v) is 4.50. The lowest BCUT2D eigenvalue weighted by Gasteiger charge is -2.16. The average Bonchev–Trinajstić information content (AvgIpc) is 2.65. The van der Waals surface area contributed by atoms with Gasteiger partial charge in [-0.05, 0) is 40.5 Å². The number of rotatable bonds is 8. The number of nitrogens with one attached hydrogen (secondary N) is 2. The summed E-state index contributed by atoms with van der Waals surface area (Å²) in [7, 11) is 4.76. The maximum atomic E-state index is 12.2. The monoisotopic (exact) mass is 422 g/mol. The van der Waals surface area contributed by atoms with Crippen molar-refractivity contribution in [2.24, 2.45) is 0 Å². The Morgan fingerprint density at radius 3 is 2.23 bits per heavy atom. The maximum Gasteiger partial charge on any atom is 0.238 e. The minimum Gasteiger partial charge on any atom is -0.497 e. The highest BCUT2D eigenvalue weighted by Crippen LogP contribution is 2.28. The Morgan fingerprint density at radius 1 is 1.04 bits per heavy atom. The molecule has 1 amide bonds. The lowest BCUT2D eigenvalue weighted by Crippen LogP contribution is -2.30. The number of carbonyl (C=O) groups is 1. The van der Waals surface area contributed by atoms with Crippen LogP contribution in [0.15, 0.2) is 40.9 Å². The van der Waals surface area contributed by atoms with Crippen LogP contribution < -0.4 is 24.8 Å². The van der Waals surface area contributed by atoms with Crippen molar-refractivity contribution in [3.63, 3.8) is 0 Å². The van der Waals surface area contributed by atoms with Crippen molar-refractivity contribution in [3.05, 3.63) is 46.4 Å². The smallest absolute Gasteiger partial charge is 0.238 e. The molecule has 0 aliphatic carbocycles. The van der Waals surface area contributed by atoms with Crippen molar-refractivity contribution < 1.29 is 19.0 Å². The highest BCUT2D eigenvalue weighted by Gasteiger charge is 2.11. The second kappa shape index (κ2) is 9.45. The molecule has 0 aliphatic heterocycles. The first kappa shape index (κ1) is 20.1. The molecule has 0 aliphatic rings. The summed E-state index contributed by atoms with van der Waals surface area (Å²) in [5.74, 6) is 1.85. The van der Waals surface area contributed by atoms with Crippen molar-refractivity contribution in [2.75, 3.05) is 33.2 Å². The van der Waals surface area contributed by atoms with Gasteiger partial charge in [-0.1, -0.05) is 6.07 Å². The first-order valence-corrected chi connectivity index (χ1v) is 8.86. The molecule has 0 fully saturated rings. The number of amides is 1. The van der Waals surface area contributed by atoms with E-state index in [9.17, 15) is 4.79 Å². The molecule has 0 heterocycles. The molecule has 0 spiro atoms. The number of benzene rings is 2. The van der Waals surface area contributed by atoms with E-state index in [2.05, 4.69) is 26.6 Å². The summed E-state index contributed by atoms with van der Waals surface area (Å²) in [5, 5.41) is 6.04. The van der Waals surface area contributed by atoms with Gasteiger partial charge in [-0.2, -0.15) is 0 Å². The van der Waals surface area contributed by atoms with E-state index in [1.807, 2.05) is 25.1 Å². The SMILES string of the molecule is COc1cc(NC(=O)CNC(C)c2ccc(OC)c(Br)c2)cc(OC)c1. The van der Waals surface area contributed by atoms with Crippen LogP contribution in [0.4, 0.5) is 5.69 Å². The maximum absolute atomic E-state index is 12.2. The second-order valence-electron chi connectivity index (χ2n) is 5.65. The quantitative estimate of drug-likeness (QED) is 0.677. The van der Waals surface area contributed by atoms with Gasteiger partial charge in [-0.15, -0.1) is 0 Å². The minimum atomic E-state index is -0.153. The van der Waals surface area contributed by atoms with E-state index >= 15 is 0 Å². The average molecular weight is 423 g/mol. The molecule has 6 nitrogen and oxygen atoms in total. The lowest BCUT2D eigenvalue weighted by atomic mass is 10.1. The summed E-state index contributed by atoms with van der Waals surface area (Å²) in [6, 6.07) is 11.1. The molecular formula is C19H23BrN2O4. The molecule has 0 bridgehead atoms. The van der Waals surface area contributed by atoms with E-state index in [4.69, 9.17) is 14.2 Å². The van der Waals surface area contributed by atoms with Crippen LogP contribution in [0.2, 0.25) is 0 Å². The molecule has 1 unspecified atom stereocenters. The molecule has 0 saturated carbocycles. The predicted molar refractivity (Wildman–Crippen MR) is 105 cm³/mol. The van der Waals surface area contributed by atoms with Crippen molar-refractivity contribution in [1.82, 2.24) is 5.32 Å². The fourth-order valence-corrected chi connectivity index (χ4v) is 2.96. The highest BCUT2D eigenvalue weighted by molar-refractivity contribution is 9.10. The largest absolute Gasteiger partial charge is 0.497 e. The highest BCUT2D eigenvalue weighted by atomic mass is 79.9. The molecule has 7 heteroatoms. The van der Waals surface area contributed by atoms with Crippen molar-refractivity contribution >= 4 is 27.5 Å². The summed E-state index contributed by atoms with van der Waals surface area (Å²) in [6.45, 7) is 2.17. The van der Waals surface area contributed by atoms with E-state index < -0.39 is 0 Å². The molecule has 2 aromatic rings. The normalized spacial score (nSPS) is 11.6. The third kappa shape index (κ3) is 5.37. The Kier molecular flexibility index (Phi) is 7.29. The van der Waals surface area contributed by atoms with E-state index in [1.54, 1.807) is 39.5 Å². The summed E-state index contributed by atoms with van der Waals surface area (Å²) < 4.78 is 16.5. The summed E-state index contributed by atoms with van der Waals surface area (Å²) >= 11 is 3.47. The second-order valence-corrected chi connectivity index (χ2v) is 6.50. The van der Waals surface area contributed by atoms with Gasteiger partial charge < -0.3 is 24.8 Å². The molecule has 1 atom stereocenters. The molecule has 26 heavy (non-hydrogen) atoms. The first-order chi connectivity index (χ1) is 12.5. The van der Waals surface area contributed by atoms with Gasteiger partial charge in [-0.25, -0.2) is 0 Å². The summed E-state index contributed by atoms with van der Waals surface area (Å²) in [6.07, 6.45) is 0. The predicted octanol–water partition coefficient (Wildman–Crippen LogP) is 3.76. The van der Waals surface area contributed by atoms with E-state index in [0.29, 0.717) is 17.2 Å². The Labute approximate surface area is 162 Å². The molecule has 0 aromatic heterocycles. The number of halogens is 1. The molecule has 0 saturated heterocycles. The molecule has 2 aromatic carbocycles. The Hall–Kier alpha value is -2.25. The van der Waals surface area contributed by atoms with Gasteiger partial charge in [0.1, 0.15) is 17.2 Å². The zero-order valence-electron chi connectivity index (χ0n) is 15.3. The van der Waals surface area contributed by atoms with E-state index in [1.165, 1.54) is 0 Å². The molecule has 2 rings (SSSR count). The fourth-order valence-electron chi connectivity index (χ4n) is 2.40. The Morgan fingerprint density at radius 2 is 1.69 bits per heavy atom. The number of methoxy groups -OCH3 is 3. The zero-order chi connectivity index (χ0) is 19.1. The molecule has 2 N–H and O–H groups in total. The van der Waals surface area contributed by atoms with Crippen LogP contribution in [-0.4, -0.2) is 33.8 Å². The van der Waals surface area contributed by atoms with Crippen molar-refractivity contribution in [1.29, 1.82) is 0 Å². The summed E-state index contributed by atoms with van der Waals surface area (Å²) in [5.41, 5.74) is 1.67. The fraction of sp³-hybridized carbons (Fsp3) is 0.316. The molecular weight excluding hydrogens is 400 g/mol. The number of anilines is 1. The number of carbonyl (C=O) groups excluding carboxylic acids is 1. The van der Waals surface area contributed by atoms with Crippen LogP contribution in [0.25, 0.3) is 0 Å². The van der Waals surface area contributed by atoms with Crippen molar-refractivity contribution in [2.45, 2.75) is 13.0 Å². The summed E-state index contributed by atoms with van der Waals surface area (Å²) in [4.78, 5) is 12.2. The van der Waals surface area contributed by atoms with Crippen molar-refractivity contribution in [3.8, 4) is 17.2 Å². The van der Waals surface area contributed by atoms with E-state index in [0.717, 1.165) is 15.8 Å². The van der Waals surface area contributed by atoms with Gasteiger partial charge in [0.2, 0.25) is 5.91 Å². The van der Waals surface area contributed by atoms with E-state index in [-0.39, 0.29) is 18.5 Å². The molecule has 0 radical (unpaired) electrons.